The summed E-state index contributed by atoms with van der Waals surface area (Å²) in [5.74, 6) is -5.96. The van der Waals surface area contributed by atoms with E-state index in [0.717, 1.165) is 0 Å². The van der Waals surface area contributed by atoms with E-state index in [0.29, 0.717) is 6.26 Å². The van der Waals surface area contributed by atoms with Crippen molar-refractivity contribution in [3.63, 3.8) is 0 Å². The number of benzene rings is 2. The van der Waals surface area contributed by atoms with Gasteiger partial charge in [0, 0.05) is 0 Å². The summed E-state index contributed by atoms with van der Waals surface area (Å²) in [6.07, 6.45) is -5.94. The van der Waals surface area contributed by atoms with Crippen LogP contribution in [0.15, 0.2) is 60.7 Å². The number of esters is 2. The normalized spacial score (nSPS) is 22.6. The molecule has 166 valence electrons. The summed E-state index contributed by atoms with van der Waals surface area (Å²) < 4.78 is 71.6. The van der Waals surface area contributed by atoms with Crippen LogP contribution in [0, 0.1) is 0 Å². The Morgan fingerprint density at radius 1 is 0.968 bits per heavy atom. The molecule has 0 N–H and O–H groups in total. The van der Waals surface area contributed by atoms with E-state index in [1.165, 1.54) is 36.4 Å². The first-order valence-electron chi connectivity index (χ1n) is 8.97. The maximum Gasteiger partial charge on any atom is 0.338 e. The van der Waals surface area contributed by atoms with Crippen LogP contribution in [0.5, 0.6) is 0 Å². The number of rotatable bonds is 7. The zero-order valence-corrected chi connectivity index (χ0v) is 17.0. The van der Waals surface area contributed by atoms with E-state index in [2.05, 4.69) is 4.18 Å². The minimum atomic E-state index is -4.33. The second-order valence-corrected chi connectivity index (χ2v) is 8.24. The Kier molecular flexibility index (Phi) is 6.68. The van der Waals surface area contributed by atoms with E-state index < -0.39 is 53.1 Å². The fourth-order valence-electron chi connectivity index (χ4n) is 2.80. The maximum atomic E-state index is 14.8. The fraction of sp³-hybridized carbons (Fsp3) is 0.300. The van der Waals surface area contributed by atoms with Gasteiger partial charge in [0.1, 0.15) is 12.7 Å². The molecule has 0 bridgehead atoms. The smallest absolute Gasteiger partial charge is 0.338 e. The predicted molar refractivity (Wildman–Crippen MR) is 102 cm³/mol. The SMILES string of the molecule is CS(=O)(=O)OC1O[C@H](COC(=O)c2ccccc2)C(OC(=O)c2ccccc2)C1(F)F. The largest absolute Gasteiger partial charge is 0.459 e. The molecule has 8 nitrogen and oxygen atoms in total. The van der Waals surface area contributed by atoms with E-state index in [1.54, 1.807) is 24.3 Å². The van der Waals surface area contributed by atoms with Crippen LogP contribution in [0.1, 0.15) is 20.7 Å². The van der Waals surface area contributed by atoms with Gasteiger partial charge in [-0.15, -0.1) is 0 Å². The van der Waals surface area contributed by atoms with Crippen LogP contribution in [0.4, 0.5) is 8.78 Å². The van der Waals surface area contributed by atoms with Crippen LogP contribution in [0.25, 0.3) is 0 Å². The van der Waals surface area contributed by atoms with Gasteiger partial charge in [0.05, 0.1) is 17.4 Å². The second kappa shape index (κ2) is 9.08. The molecule has 11 heteroatoms. The molecule has 1 aliphatic rings. The van der Waals surface area contributed by atoms with Crippen molar-refractivity contribution in [3.05, 3.63) is 71.8 Å². The summed E-state index contributed by atoms with van der Waals surface area (Å²) >= 11 is 0. The molecule has 1 fully saturated rings. The molecule has 3 atom stereocenters. The van der Waals surface area contributed by atoms with Crippen LogP contribution in [-0.4, -0.2) is 57.6 Å². The summed E-state index contributed by atoms with van der Waals surface area (Å²) in [5.41, 5.74) is 0.153. The summed E-state index contributed by atoms with van der Waals surface area (Å²) in [7, 11) is -4.33. The van der Waals surface area contributed by atoms with Crippen LogP contribution < -0.4 is 0 Å². The number of alkyl halides is 2. The topological polar surface area (TPSA) is 105 Å². The van der Waals surface area contributed by atoms with Crippen molar-refractivity contribution >= 4 is 22.1 Å². The van der Waals surface area contributed by atoms with Gasteiger partial charge in [0.2, 0.25) is 12.4 Å². The molecular weight excluding hydrogens is 438 g/mol. The van der Waals surface area contributed by atoms with Gasteiger partial charge < -0.3 is 14.2 Å². The molecule has 2 aromatic rings. The fourth-order valence-corrected chi connectivity index (χ4v) is 3.29. The third-order valence-corrected chi connectivity index (χ3v) is 4.75. The monoisotopic (exact) mass is 456 g/mol. The zero-order chi connectivity index (χ0) is 22.6. The lowest BCUT2D eigenvalue weighted by Gasteiger charge is -2.23. The highest BCUT2D eigenvalue weighted by atomic mass is 32.2. The number of hydrogen-bond donors (Lipinski definition) is 0. The van der Waals surface area contributed by atoms with Gasteiger partial charge in [-0.25, -0.2) is 13.8 Å². The standard InChI is InChI=1S/C20H18F2O8S/c1-31(25,26)30-19-20(21,22)16(29-18(24)14-10-6-3-7-11-14)15(28-19)12-27-17(23)13-8-4-2-5-9-13/h2-11,15-16,19H,12H2,1H3/t15-,16?,19?/m1/s1. The summed E-state index contributed by atoms with van der Waals surface area (Å²) in [5, 5.41) is 0. The first-order valence-corrected chi connectivity index (χ1v) is 10.8. The second-order valence-electron chi connectivity index (χ2n) is 6.64. The van der Waals surface area contributed by atoms with Crippen LogP contribution in [0.3, 0.4) is 0 Å². The molecule has 0 aliphatic carbocycles. The Balaban J connectivity index is 1.79. The van der Waals surface area contributed by atoms with Gasteiger partial charge in [0.15, 0.2) is 0 Å². The predicted octanol–water partition coefficient (Wildman–Crippen LogP) is 2.41. The molecule has 0 spiro atoms. The van der Waals surface area contributed by atoms with Gasteiger partial charge >= 0.3 is 17.9 Å². The van der Waals surface area contributed by atoms with Crippen molar-refractivity contribution < 1.29 is 45.2 Å². The van der Waals surface area contributed by atoms with Crippen molar-refractivity contribution in [2.45, 2.75) is 24.4 Å². The van der Waals surface area contributed by atoms with Gasteiger partial charge in [-0.2, -0.15) is 17.2 Å². The molecular formula is C20H18F2O8S. The van der Waals surface area contributed by atoms with Crippen molar-refractivity contribution in [2.24, 2.45) is 0 Å². The molecule has 0 radical (unpaired) electrons. The Bertz CT molecular complexity index is 1030. The third kappa shape index (κ3) is 5.63. The van der Waals surface area contributed by atoms with E-state index in [4.69, 9.17) is 14.2 Å². The number of ether oxygens (including phenoxy) is 3. The highest BCUT2D eigenvalue weighted by Crippen LogP contribution is 2.40. The molecule has 1 aliphatic heterocycles. The van der Waals surface area contributed by atoms with Crippen molar-refractivity contribution in [1.82, 2.24) is 0 Å². The Morgan fingerprint density at radius 3 is 2.00 bits per heavy atom. The minimum absolute atomic E-state index is 0.00851. The lowest BCUT2D eigenvalue weighted by Crippen LogP contribution is -2.45. The summed E-state index contributed by atoms with van der Waals surface area (Å²) in [4.78, 5) is 24.4. The average Bonchev–Trinajstić information content (AvgIpc) is 2.95. The molecule has 1 saturated heterocycles. The van der Waals surface area contributed by atoms with E-state index >= 15 is 0 Å². The number of halogens is 2. The van der Waals surface area contributed by atoms with Crippen molar-refractivity contribution in [3.8, 4) is 0 Å². The first-order chi connectivity index (χ1) is 14.6. The van der Waals surface area contributed by atoms with Crippen LogP contribution in [-0.2, 0) is 28.5 Å². The van der Waals surface area contributed by atoms with E-state index in [-0.39, 0.29) is 11.1 Å². The van der Waals surface area contributed by atoms with Crippen molar-refractivity contribution in [1.29, 1.82) is 0 Å². The average molecular weight is 456 g/mol. The molecule has 1 heterocycles. The molecule has 2 unspecified atom stereocenters. The zero-order valence-electron chi connectivity index (χ0n) is 16.1. The molecule has 3 rings (SSSR count). The van der Waals surface area contributed by atoms with E-state index in [1.807, 2.05) is 0 Å². The molecule has 0 saturated carbocycles. The summed E-state index contributed by atoms with van der Waals surface area (Å²) in [6, 6.07) is 15.1. The lowest BCUT2D eigenvalue weighted by atomic mass is 10.1. The Morgan fingerprint density at radius 2 is 1.48 bits per heavy atom. The van der Waals surface area contributed by atoms with Crippen molar-refractivity contribution in [2.75, 3.05) is 12.9 Å². The molecule has 31 heavy (non-hydrogen) atoms. The first kappa shape index (κ1) is 22.8. The van der Waals surface area contributed by atoms with Crippen LogP contribution in [0.2, 0.25) is 0 Å². The van der Waals surface area contributed by atoms with E-state index in [9.17, 15) is 26.8 Å². The maximum absolute atomic E-state index is 14.8. The Labute approximate surface area is 176 Å². The van der Waals surface area contributed by atoms with Gasteiger partial charge in [-0.3, -0.25) is 0 Å². The number of hydrogen-bond acceptors (Lipinski definition) is 8. The number of carbonyl (C=O) groups excluding carboxylic acids is 2. The quantitative estimate of drug-likeness (QED) is 0.462. The van der Waals surface area contributed by atoms with Crippen LogP contribution >= 0.6 is 0 Å². The molecule has 0 aromatic heterocycles. The lowest BCUT2D eigenvalue weighted by molar-refractivity contribution is -0.183. The highest BCUT2D eigenvalue weighted by Gasteiger charge is 2.63. The molecule has 2 aromatic carbocycles. The third-order valence-electron chi connectivity index (χ3n) is 4.22. The van der Waals surface area contributed by atoms with Gasteiger partial charge in [0.25, 0.3) is 10.1 Å². The van der Waals surface area contributed by atoms with Gasteiger partial charge in [-0.1, -0.05) is 36.4 Å². The molecule has 0 amide bonds. The minimum Gasteiger partial charge on any atom is -0.459 e. The summed E-state index contributed by atoms with van der Waals surface area (Å²) in [6.45, 7) is -0.736. The Hall–Kier alpha value is -2.89. The van der Waals surface area contributed by atoms with Gasteiger partial charge in [-0.05, 0) is 24.3 Å². The highest BCUT2D eigenvalue weighted by molar-refractivity contribution is 7.86. The number of carbonyl (C=O) groups is 2.